The molecule has 1 amide bonds. The van der Waals surface area contributed by atoms with Gasteiger partial charge in [0.15, 0.2) is 17.5 Å². The SMILES string of the molecule is NC(N)=NCCC[C@@H](C(=O)O)N(NCc1ccc2c(c1)OCO2)C(=O)CC(=O)Cc1ccccc1. The van der Waals surface area contributed by atoms with Gasteiger partial charge in [-0.15, -0.1) is 0 Å². The first-order chi connectivity index (χ1) is 16.8. The maximum Gasteiger partial charge on any atom is 0.328 e. The number of carbonyl (C=O) groups excluding carboxylic acids is 2. The lowest BCUT2D eigenvalue weighted by atomic mass is 10.1. The number of nitrogens with zero attached hydrogens (tertiary/aromatic N) is 2. The van der Waals surface area contributed by atoms with Crippen LogP contribution in [0.3, 0.4) is 0 Å². The molecule has 0 saturated carbocycles. The van der Waals surface area contributed by atoms with Gasteiger partial charge in [-0.1, -0.05) is 36.4 Å². The van der Waals surface area contributed by atoms with Crippen LogP contribution < -0.4 is 26.4 Å². The molecule has 0 unspecified atom stereocenters. The van der Waals surface area contributed by atoms with E-state index in [0.29, 0.717) is 17.9 Å². The van der Waals surface area contributed by atoms with Crippen LogP contribution >= 0.6 is 0 Å². The van der Waals surface area contributed by atoms with Gasteiger partial charge < -0.3 is 26.0 Å². The summed E-state index contributed by atoms with van der Waals surface area (Å²) >= 11 is 0. The number of carboxylic acid groups (broad SMARTS) is 1. The number of nitrogens with one attached hydrogen (secondary N) is 1. The number of fused-ring (bicyclic) bond motifs is 1. The molecule has 0 aliphatic carbocycles. The molecule has 0 aromatic heterocycles. The number of Topliss-reactive ketones (excluding diaryl/α,β-unsaturated/α-hetero) is 1. The van der Waals surface area contributed by atoms with E-state index in [1.54, 1.807) is 42.5 Å². The Morgan fingerprint density at radius 1 is 1.06 bits per heavy atom. The van der Waals surface area contributed by atoms with E-state index in [4.69, 9.17) is 20.9 Å². The van der Waals surface area contributed by atoms with Crippen molar-refractivity contribution in [3.05, 3.63) is 59.7 Å². The monoisotopic (exact) mass is 483 g/mol. The quantitative estimate of drug-likeness (QED) is 0.106. The summed E-state index contributed by atoms with van der Waals surface area (Å²) in [5.74, 6) is -1.10. The van der Waals surface area contributed by atoms with Crippen LogP contribution in [0.25, 0.3) is 0 Å². The van der Waals surface area contributed by atoms with Crippen molar-refractivity contribution in [2.45, 2.75) is 38.3 Å². The third kappa shape index (κ3) is 7.71. The van der Waals surface area contributed by atoms with E-state index in [1.165, 1.54) is 0 Å². The van der Waals surface area contributed by atoms with Gasteiger partial charge in [0.25, 0.3) is 0 Å². The first-order valence-electron chi connectivity index (χ1n) is 11.1. The van der Waals surface area contributed by atoms with Gasteiger partial charge in [-0.2, -0.15) is 0 Å². The molecule has 11 heteroatoms. The summed E-state index contributed by atoms with van der Waals surface area (Å²) in [6.45, 7) is 0.466. The minimum absolute atomic E-state index is 0.0742. The van der Waals surface area contributed by atoms with Crippen LogP contribution in [0.15, 0.2) is 53.5 Å². The number of aliphatic carboxylic acids is 1. The highest BCUT2D eigenvalue weighted by Gasteiger charge is 2.30. The Morgan fingerprint density at radius 2 is 1.80 bits per heavy atom. The Labute approximate surface area is 202 Å². The second kappa shape index (κ2) is 12.4. The molecular weight excluding hydrogens is 454 g/mol. The molecule has 1 aliphatic rings. The first kappa shape index (κ1) is 25.5. The predicted octanol–water partition coefficient (Wildman–Crippen LogP) is 0.957. The van der Waals surface area contributed by atoms with Gasteiger partial charge in [-0.05, 0) is 36.1 Å². The van der Waals surface area contributed by atoms with E-state index >= 15 is 0 Å². The zero-order valence-electron chi connectivity index (χ0n) is 19.2. The Balaban J connectivity index is 1.71. The molecule has 1 atom stereocenters. The van der Waals surface area contributed by atoms with E-state index in [0.717, 1.165) is 16.1 Å². The van der Waals surface area contributed by atoms with Crippen molar-refractivity contribution in [3.8, 4) is 11.5 Å². The minimum Gasteiger partial charge on any atom is -0.480 e. The van der Waals surface area contributed by atoms with Crippen LogP contribution in [0.2, 0.25) is 0 Å². The third-order valence-corrected chi connectivity index (χ3v) is 5.28. The van der Waals surface area contributed by atoms with Gasteiger partial charge in [-0.3, -0.25) is 19.6 Å². The fraction of sp³-hybridized carbons (Fsp3) is 0.333. The van der Waals surface area contributed by atoms with E-state index in [2.05, 4.69) is 10.4 Å². The standard InChI is InChI=1S/C24H29N5O6/c25-24(26)27-10-4-7-19(23(32)33)29(22(31)13-18(30)11-16-5-2-1-3-6-16)28-14-17-8-9-20-21(12-17)35-15-34-20/h1-3,5-6,8-9,12,19,28H,4,7,10-11,13-15H2,(H,32,33)(H4,25,26,27)/t19-/m0/s1. The van der Waals surface area contributed by atoms with Crippen LogP contribution in [0, 0.1) is 0 Å². The topological polar surface area (TPSA) is 170 Å². The van der Waals surface area contributed by atoms with Crippen molar-refractivity contribution in [2.24, 2.45) is 16.5 Å². The lowest BCUT2D eigenvalue weighted by Crippen LogP contribution is -2.53. The number of carboxylic acids is 1. The number of nitrogens with two attached hydrogens (primary N) is 2. The summed E-state index contributed by atoms with van der Waals surface area (Å²) in [4.78, 5) is 41.6. The summed E-state index contributed by atoms with van der Waals surface area (Å²) < 4.78 is 10.7. The molecule has 0 spiro atoms. The maximum absolute atomic E-state index is 13.1. The zero-order valence-corrected chi connectivity index (χ0v) is 19.2. The molecule has 0 saturated heterocycles. The van der Waals surface area contributed by atoms with Crippen LogP contribution in [0.5, 0.6) is 11.5 Å². The van der Waals surface area contributed by atoms with Crippen molar-refractivity contribution >= 4 is 23.6 Å². The summed E-state index contributed by atoms with van der Waals surface area (Å²) in [5.41, 5.74) is 15.1. The Hall–Kier alpha value is -4.12. The van der Waals surface area contributed by atoms with Gasteiger partial charge in [0.05, 0.1) is 6.42 Å². The number of hydrazine groups is 1. The molecule has 1 aliphatic heterocycles. The van der Waals surface area contributed by atoms with Crippen molar-refractivity contribution in [2.75, 3.05) is 13.3 Å². The van der Waals surface area contributed by atoms with Gasteiger partial charge >= 0.3 is 5.97 Å². The van der Waals surface area contributed by atoms with E-state index in [-0.39, 0.29) is 44.5 Å². The average molecular weight is 484 g/mol. The van der Waals surface area contributed by atoms with E-state index in [9.17, 15) is 19.5 Å². The van der Waals surface area contributed by atoms with Crippen molar-refractivity contribution in [1.29, 1.82) is 0 Å². The second-order valence-electron chi connectivity index (χ2n) is 7.97. The Morgan fingerprint density at radius 3 is 2.51 bits per heavy atom. The Bertz CT molecular complexity index is 1070. The van der Waals surface area contributed by atoms with Gasteiger partial charge in [-0.25, -0.2) is 10.2 Å². The smallest absolute Gasteiger partial charge is 0.328 e. The number of ether oxygens (including phenoxy) is 2. The molecule has 186 valence electrons. The zero-order chi connectivity index (χ0) is 25.2. The number of rotatable bonds is 13. The van der Waals surface area contributed by atoms with E-state index in [1.807, 2.05) is 6.07 Å². The molecule has 6 N–H and O–H groups in total. The van der Waals surface area contributed by atoms with Gasteiger partial charge in [0.1, 0.15) is 11.8 Å². The van der Waals surface area contributed by atoms with Crippen molar-refractivity contribution < 1.29 is 29.0 Å². The summed E-state index contributed by atoms with van der Waals surface area (Å²) in [6.07, 6.45) is 0.0344. The van der Waals surface area contributed by atoms with Gasteiger partial charge in [0, 0.05) is 19.5 Å². The molecule has 1 heterocycles. The summed E-state index contributed by atoms with van der Waals surface area (Å²) in [7, 11) is 0. The lowest BCUT2D eigenvalue weighted by Gasteiger charge is -2.29. The largest absolute Gasteiger partial charge is 0.480 e. The molecule has 3 rings (SSSR count). The molecule has 0 fully saturated rings. The number of aliphatic imine (C=N–C) groups is 1. The third-order valence-electron chi connectivity index (χ3n) is 5.28. The first-order valence-corrected chi connectivity index (χ1v) is 11.1. The molecular formula is C24H29N5O6. The predicted molar refractivity (Wildman–Crippen MR) is 127 cm³/mol. The number of carbonyl (C=O) groups is 3. The van der Waals surface area contributed by atoms with Crippen molar-refractivity contribution in [1.82, 2.24) is 10.4 Å². The fourth-order valence-electron chi connectivity index (χ4n) is 3.60. The fourth-order valence-corrected chi connectivity index (χ4v) is 3.60. The number of amides is 1. The summed E-state index contributed by atoms with van der Waals surface area (Å²) in [5, 5.41) is 10.9. The molecule has 35 heavy (non-hydrogen) atoms. The van der Waals surface area contributed by atoms with Crippen molar-refractivity contribution in [3.63, 3.8) is 0 Å². The summed E-state index contributed by atoms with van der Waals surface area (Å²) in [6, 6.07) is 13.1. The average Bonchev–Trinajstić information content (AvgIpc) is 3.28. The minimum atomic E-state index is -1.23. The van der Waals surface area contributed by atoms with Crippen LogP contribution in [0.1, 0.15) is 30.4 Å². The number of guanidine groups is 1. The van der Waals surface area contributed by atoms with Crippen LogP contribution in [-0.2, 0) is 27.3 Å². The van der Waals surface area contributed by atoms with Crippen LogP contribution in [0.4, 0.5) is 0 Å². The second-order valence-corrected chi connectivity index (χ2v) is 7.97. The van der Waals surface area contributed by atoms with Gasteiger partial charge in [0.2, 0.25) is 12.7 Å². The number of ketones is 1. The highest BCUT2D eigenvalue weighted by atomic mass is 16.7. The van der Waals surface area contributed by atoms with E-state index < -0.39 is 24.3 Å². The maximum atomic E-state index is 13.1. The number of hydrogen-bond acceptors (Lipinski definition) is 7. The number of benzene rings is 2. The molecule has 2 aromatic carbocycles. The molecule has 11 nitrogen and oxygen atoms in total. The molecule has 2 aromatic rings. The Kier molecular flexibility index (Phi) is 9.02. The lowest BCUT2D eigenvalue weighted by molar-refractivity contribution is -0.155. The number of hydrogen-bond donors (Lipinski definition) is 4. The highest BCUT2D eigenvalue weighted by Crippen LogP contribution is 2.32. The van der Waals surface area contributed by atoms with Crippen LogP contribution in [-0.4, -0.2) is 53.1 Å². The highest BCUT2D eigenvalue weighted by molar-refractivity contribution is 5.99. The normalized spacial score (nSPS) is 12.6. The molecule has 0 bridgehead atoms. The molecule has 0 radical (unpaired) electrons.